The van der Waals surface area contributed by atoms with Crippen molar-refractivity contribution < 1.29 is 17.9 Å². The number of nitrogens with zero attached hydrogens (tertiary/aromatic N) is 2. The number of methoxy groups -OCH3 is 1. The number of hydrogen-bond donors (Lipinski definition) is 1. The second kappa shape index (κ2) is 6.88. The van der Waals surface area contributed by atoms with Crippen LogP contribution >= 0.6 is 0 Å². The fourth-order valence-electron chi connectivity index (χ4n) is 3.59. The van der Waals surface area contributed by atoms with Crippen molar-refractivity contribution in [2.75, 3.05) is 20.2 Å². The SMILES string of the molecule is COc1ccc2nc(C3CCN(Cc4ccc(C(F)(F)F)cc4)C3)[nH]c2c1. The predicted molar refractivity (Wildman–Crippen MR) is 96.7 cm³/mol. The van der Waals surface area contributed by atoms with Crippen LogP contribution in [0.25, 0.3) is 11.0 Å². The molecule has 0 radical (unpaired) electrons. The Balaban J connectivity index is 1.43. The summed E-state index contributed by atoms with van der Waals surface area (Å²) in [6.07, 6.45) is -3.32. The van der Waals surface area contributed by atoms with Gasteiger partial charge in [0.2, 0.25) is 0 Å². The van der Waals surface area contributed by atoms with Gasteiger partial charge >= 0.3 is 6.18 Å². The Morgan fingerprint density at radius 2 is 1.96 bits per heavy atom. The molecule has 1 aliphatic rings. The van der Waals surface area contributed by atoms with Gasteiger partial charge in [-0.25, -0.2) is 4.98 Å². The molecule has 0 bridgehead atoms. The van der Waals surface area contributed by atoms with E-state index in [1.807, 2.05) is 18.2 Å². The van der Waals surface area contributed by atoms with E-state index in [0.717, 1.165) is 59.8 Å². The molecule has 7 heteroatoms. The van der Waals surface area contributed by atoms with E-state index in [2.05, 4.69) is 14.9 Å². The van der Waals surface area contributed by atoms with Crippen molar-refractivity contribution >= 4 is 11.0 Å². The molecular formula is C20H20F3N3O. The van der Waals surface area contributed by atoms with E-state index < -0.39 is 11.7 Å². The van der Waals surface area contributed by atoms with Crippen molar-refractivity contribution in [3.63, 3.8) is 0 Å². The fraction of sp³-hybridized carbons (Fsp3) is 0.350. The molecule has 1 N–H and O–H groups in total. The quantitative estimate of drug-likeness (QED) is 0.726. The second-order valence-electron chi connectivity index (χ2n) is 6.92. The van der Waals surface area contributed by atoms with Crippen LogP contribution in [-0.2, 0) is 12.7 Å². The summed E-state index contributed by atoms with van der Waals surface area (Å²) in [5.41, 5.74) is 2.14. The summed E-state index contributed by atoms with van der Waals surface area (Å²) in [6.45, 7) is 2.37. The Morgan fingerprint density at radius 1 is 1.19 bits per heavy atom. The lowest BCUT2D eigenvalue weighted by Crippen LogP contribution is -2.20. The fourth-order valence-corrected chi connectivity index (χ4v) is 3.59. The van der Waals surface area contributed by atoms with E-state index in [-0.39, 0.29) is 5.92 Å². The van der Waals surface area contributed by atoms with Gasteiger partial charge in [0.1, 0.15) is 11.6 Å². The monoisotopic (exact) mass is 375 g/mol. The van der Waals surface area contributed by atoms with Gasteiger partial charge in [0.25, 0.3) is 0 Å². The topological polar surface area (TPSA) is 41.1 Å². The van der Waals surface area contributed by atoms with Crippen molar-refractivity contribution in [3.05, 3.63) is 59.4 Å². The standard InChI is InChI=1S/C20H20F3N3O/c1-27-16-6-7-17-18(10-16)25-19(24-17)14-8-9-26(12-14)11-13-2-4-15(5-3-13)20(21,22)23/h2-7,10,14H,8-9,11-12H2,1H3,(H,24,25). The van der Waals surface area contributed by atoms with Crippen LogP contribution < -0.4 is 4.74 Å². The van der Waals surface area contributed by atoms with Crippen molar-refractivity contribution in [1.82, 2.24) is 14.9 Å². The van der Waals surface area contributed by atoms with E-state index in [1.165, 1.54) is 0 Å². The predicted octanol–water partition coefficient (Wildman–Crippen LogP) is 4.58. The number of aromatic nitrogens is 2. The molecule has 27 heavy (non-hydrogen) atoms. The summed E-state index contributed by atoms with van der Waals surface area (Å²) in [4.78, 5) is 10.3. The third-order valence-electron chi connectivity index (χ3n) is 5.05. The highest BCUT2D eigenvalue weighted by Crippen LogP contribution is 2.31. The maximum absolute atomic E-state index is 12.7. The molecule has 1 atom stereocenters. The average molecular weight is 375 g/mol. The van der Waals surface area contributed by atoms with Crippen molar-refractivity contribution in [1.29, 1.82) is 0 Å². The van der Waals surface area contributed by atoms with Crippen LogP contribution in [0, 0.1) is 0 Å². The second-order valence-corrected chi connectivity index (χ2v) is 6.92. The zero-order valence-corrected chi connectivity index (χ0v) is 14.9. The number of imidazole rings is 1. The van der Waals surface area contributed by atoms with Gasteiger partial charge in [0.15, 0.2) is 0 Å². The Morgan fingerprint density at radius 3 is 2.67 bits per heavy atom. The maximum atomic E-state index is 12.7. The number of hydrogen-bond acceptors (Lipinski definition) is 3. The minimum Gasteiger partial charge on any atom is -0.497 e. The number of aromatic amines is 1. The molecule has 1 unspecified atom stereocenters. The largest absolute Gasteiger partial charge is 0.497 e. The van der Waals surface area contributed by atoms with E-state index in [1.54, 1.807) is 19.2 Å². The Hall–Kier alpha value is -2.54. The van der Waals surface area contributed by atoms with Gasteiger partial charge in [-0.15, -0.1) is 0 Å². The lowest BCUT2D eigenvalue weighted by atomic mass is 10.1. The highest BCUT2D eigenvalue weighted by atomic mass is 19.4. The minimum atomic E-state index is -4.29. The lowest BCUT2D eigenvalue weighted by Gasteiger charge is -2.16. The molecule has 0 spiro atoms. The van der Waals surface area contributed by atoms with Crippen molar-refractivity contribution in [3.8, 4) is 5.75 Å². The van der Waals surface area contributed by atoms with Crippen LogP contribution in [0.2, 0.25) is 0 Å². The van der Waals surface area contributed by atoms with Crippen LogP contribution in [0.1, 0.15) is 29.3 Å². The first kappa shape index (κ1) is 17.9. The molecule has 3 aromatic rings. The third-order valence-corrected chi connectivity index (χ3v) is 5.05. The van der Waals surface area contributed by atoms with Crippen LogP contribution in [0.5, 0.6) is 5.75 Å². The highest BCUT2D eigenvalue weighted by Gasteiger charge is 2.30. The number of benzene rings is 2. The molecule has 0 aliphatic carbocycles. The summed E-state index contributed by atoms with van der Waals surface area (Å²) < 4.78 is 43.3. The minimum absolute atomic E-state index is 0.290. The average Bonchev–Trinajstić information content (AvgIpc) is 3.27. The van der Waals surface area contributed by atoms with Crippen LogP contribution in [0.15, 0.2) is 42.5 Å². The van der Waals surface area contributed by atoms with E-state index >= 15 is 0 Å². The molecule has 2 aromatic carbocycles. The van der Waals surface area contributed by atoms with E-state index in [9.17, 15) is 13.2 Å². The molecule has 0 saturated carbocycles. The molecule has 1 fully saturated rings. The van der Waals surface area contributed by atoms with E-state index in [4.69, 9.17) is 4.74 Å². The lowest BCUT2D eigenvalue weighted by molar-refractivity contribution is -0.137. The zero-order chi connectivity index (χ0) is 19.0. The van der Waals surface area contributed by atoms with Gasteiger partial charge < -0.3 is 9.72 Å². The molecule has 4 rings (SSSR count). The Bertz CT molecular complexity index is 934. The van der Waals surface area contributed by atoms with Gasteiger partial charge in [0, 0.05) is 25.1 Å². The first-order valence-corrected chi connectivity index (χ1v) is 8.84. The molecule has 4 nitrogen and oxygen atoms in total. The van der Waals surface area contributed by atoms with Crippen LogP contribution in [0.4, 0.5) is 13.2 Å². The number of halogens is 3. The summed E-state index contributed by atoms with van der Waals surface area (Å²) >= 11 is 0. The van der Waals surface area contributed by atoms with Gasteiger partial charge in [-0.2, -0.15) is 13.2 Å². The van der Waals surface area contributed by atoms with Crippen molar-refractivity contribution in [2.24, 2.45) is 0 Å². The summed E-state index contributed by atoms with van der Waals surface area (Å²) in [5.74, 6) is 2.03. The number of alkyl halides is 3. The molecule has 1 aromatic heterocycles. The molecule has 142 valence electrons. The number of likely N-dealkylation sites (tertiary alicyclic amines) is 1. The smallest absolute Gasteiger partial charge is 0.416 e. The van der Waals surface area contributed by atoms with Gasteiger partial charge in [0.05, 0.1) is 23.7 Å². The molecule has 1 saturated heterocycles. The molecule has 2 heterocycles. The number of fused-ring (bicyclic) bond motifs is 1. The first-order valence-electron chi connectivity index (χ1n) is 8.84. The normalized spacial score (nSPS) is 18.3. The zero-order valence-electron chi connectivity index (χ0n) is 14.9. The first-order chi connectivity index (χ1) is 12.9. The van der Waals surface area contributed by atoms with Gasteiger partial charge in [-0.3, -0.25) is 4.90 Å². The van der Waals surface area contributed by atoms with Crippen LogP contribution in [-0.4, -0.2) is 35.1 Å². The number of H-pyrrole nitrogens is 1. The Labute approximate surface area is 155 Å². The van der Waals surface area contributed by atoms with Gasteiger partial charge in [-0.1, -0.05) is 12.1 Å². The van der Waals surface area contributed by atoms with Gasteiger partial charge in [-0.05, 0) is 42.8 Å². The van der Waals surface area contributed by atoms with Crippen LogP contribution in [0.3, 0.4) is 0 Å². The molecular weight excluding hydrogens is 355 g/mol. The van der Waals surface area contributed by atoms with Crippen molar-refractivity contribution in [2.45, 2.75) is 25.1 Å². The number of nitrogens with one attached hydrogen (secondary N) is 1. The summed E-state index contributed by atoms with van der Waals surface area (Å²) in [7, 11) is 1.63. The third kappa shape index (κ3) is 3.78. The number of ether oxygens (including phenoxy) is 1. The summed E-state index contributed by atoms with van der Waals surface area (Å²) in [5, 5.41) is 0. The summed E-state index contributed by atoms with van der Waals surface area (Å²) in [6, 6.07) is 11.2. The highest BCUT2D eigenvalue weighted by molar-refractivity contribution is 5.76. The molecule has 0 amide bonds. The Kier molecular flexibility index (Phi) is 4.55. The maximum Gasteiger partial charge on any atom is 0.416 e. The van der Waals surface area contributed by atoms with E-state index in [0.29, 0.717) is 6.54 Å². The molecule has 1 aliphatic heterocycles. The number of rotatable bonds is 4.